The topological polar surface area (TPSA) is 12.9 Å². The summed E-state index contributed by atoms with van der Waals surface area (Å²) in [4.78, 5) is 4.05. The smallest absolute Gasteiger partial charge is 0.132 e. The van der Waals surface area contributed by atoms with E-state index in [0.29, 0.717) is 5.15 Å². The second-order valence-electron chi connectivity index (χ2n) is 2.54. The first-order chi connectivity index (χ1) is 5.38. The Morgan fingerprint density at radius 1 is 1.55 bits per heavy atom. The number of rotatable bonds is 0. The van der Waals surface area contributed by atoms with Gasteiger partial charge in [0.1, 0.15) is 5.15 Å². The third-order valence-corrected chi connectivity index (χ3v) is 3.19. The molecular weight excluding hydrogens is 178 g/mol. The number of nitrogens with zero attached hydrogens (tertiary/aromatic N) is 1. The van der Waals surface area contributed by atoms with Crippen molar-refractivity contribution < 1.29 is 0 Å². The summed E-state index contributed by atoms with van der Waals surface area (Å²) in [5.41, 5.74) is 2.62. The van der Waals surface area contributed by atoms with Crippen molar-refractivity contribution in [3.63, 3.8) is 0 Å². The summed E-state index contributed by atoms with van der Waals surface area (Å²) in [6.07, 6.45) is 2.86. The van der Waals surface area contributed by atoms with Gasteiger partial charge in [-0.05, 0) is 29.4 Å². The fraction of sp³-hybridized carbons (Fsp3) is 0.375. The molecule has 0 amide bonds. The van der Waals surface area contributed by atoms with Crippen molar-refractivity contribution >= 4 is 23.4 Å². The predicted octanol–water partition coefficient (Wildman–Crippen LogP) is 2.52. The molecule has 0 atom stereocenters. The molecule has 0 spiro atoms. The molecule has 1 aromatic rings. The summed E-state index contributed by atoms with van der Waals surface area (Å²) in [5.74, 6) is 2.27. The number of hydrogen-bond donors (Lipinski definition) is 0. The minimum atomic E-state index is 0.697. The zero-order valence-corrected chi connectivity index (χ0v) is 7.58. The molecule has 0 aliphatic carbocycles. The van der Waals surface area contributed by atoms with Crippen LogP contribution < -0.4 is 0 Å². The average Bonchev–Trinajstić information content (AvgIpc) is 2.06. The first-order valence-corrected chi connectivity index (χ1v) is 5.11. The quantitative estimate of drug-likeness (QED) is 0.577. The number of halogens is 1. The molecule has 3 heteroatoms. The number of aromatic nitrogens is 1. The summed E-state index contributed by atoms with van der Waals surface area (Å²) in [6, 6.07) is 2.06. The molecule has 0 radical (unpaired) electrons. The molecule has 2 heterocycles. The Balaban J connectivity index is 2.49. The van der Waals surface area contributed by atoms with Crippen molar-refractivity contribution in [3.05, 3.63) is 28.5 Å². The molecule has 0 aromatic carbocycles. The second-order valence-corrected chi connectivity index (χ2v) is 4.01. The van der Waals surface area contributed by atoms with E-state index in [0.717, 1.165) is 12.2 Å². The zero-order chi connectivity index (χ0) is 7.68. The van der Waals surface area contributed by atoms with E-state index < -0.39 is 0 Å². The van der Waals surface area contributed by atoms with Gasteiger partial charge in [0, 0.05) is 11.9 Å². The number of fused-ring (bicyclic) bond motifs is 1. The molecule has 0 saturated heterocycles. The van der Waals surface area contributed by atoms with Gasteiger partial charge in [-0.1, -0.05) is 11.6 Å². The van der Waals surface area contributed by atoms with Crippen LogP contribution in [0.3, 0.4) is 0 Å². The Morgan fingerprint density at radius 3 is 3.27 bits per heavy atom. The highest BCUT2D eigenvalue weighted by Gasteiger charge is 2.12. The van der Waals surface area contributed by atoms with E-state index in [1.165, 1.54) is 16.9 Å². The van der Waals surface area contributed by atoms with E-state index in [1.54, 1.807) is 6.20 Å². The lowest BCUT2D eigenvalue weighted by Crippen LogP contribution is -2.03. The SMILES string of the molecule is Clc1nccc2c1CCSC2. The largest absolute Gasteiger partial charge is 0.244 e. The highest BCUT2D eigenvalue weighted by molar-refractivity contribution is 7.98. The lowest BCUT2D eigenvalue weighted by Gasteiger charge is -2.14. The molecule has 0 bridgehead atoms. The Morgan fingerprint density at radius 2 is 2.45 bits per heavy atom. The molecule has 0 saturated carbocycles. The van der Waals surface area contributed by atoms with Crippen molar-refractivity contribution in [2.75, 3.05) is 5.75 Å². The van der Waals surface area contributed by atoms with Crippen LogP contribution in [0, 0.1) is 0 Å². The van der Waals surface area contributed by atoms with Gasteiger partial charge in [0.05, 0.1) is 0 Å². The molecule has 1 aliphatic heterocycles. The average molecular weight is 186 g/mol. The van der Waals surface area contributed by atoms with Crippen LogP contribution >= 0.6 is 23.4 Å². The van der Waals surface area contributed by atoms with Gasteiger partial charge in [-0.3, -0.25) is 0 Å². The lowest BCUT2D eigenvalue weighted by atomic mass is 10.1. The van der Waals surface area contributed by atoms with E-state index >= 15 is 0 Å². The number of hydrogen-bond acceptors (Lipinski definition) is 2. The minimum absolute atomic E-state index is 0.697. The van der Waals surface area contributed by atoms with Gasteiger partial charge in [-0.25, -0.2) is 4.98 Å². The molecule has 1 nitrogen and oxygen atoms in total. The van der Waals surface area contributed by atoms with Gasteiger partial charge < -0.3 is 0 Å². The zero-order valence-electron chi connectivity index (χ0n) is 6.01. The molecule has 0 fully saturated rings. The van der Waals surface area contributed by atoms with E-state index in [2.05, 4.69) is 11.1 Å². The van der Waals surface area contributed by atoms with Crippen LogP contribution in [-0.4, -0.2) is 10.7 Å². The van der Waals surface area contributed by atoms with E-state index in [9.17, 15) is 0 Å². The molecule has 1 aliphatic rings. The third kappa shape index (κ3) is 1.37. The Hall–Kier alpha value is -0.210. The molecule has 2 rings (SSSR count). The molecule has 58 valence electrons. The van der Waals surface area contributed by atoms with Crippen LogP contribution in [-0.2, 0) is 12.2 Å². The van der Waals surface area contributed by atoms with Gasteiger partial charge in [-0.2, -0.15) is 11.8 Å². The lowest BCUT2D eigenvalue weighted by molar-refractivity contribution is 1.05. The third-order valence-electron chi connectivity index (χ3n) is 1.85. The van der Waals surface area contributed by atoms with Crippen LogP contribution in [0.2, 0.25) is 5.15 Å². The van der Waals surface area contributed by atoms with Crippen molar-refractivity contribution in [2.45, 2.75) is 12.2 Å². The van der Waals surface area contributed by atoms with Crippen molar-refractivity contribution in [1.82, 2.24) is 4.98 Å². The van der Waals surface area contributed by atoms with Crippen LogP contribution in [0.5, 0.6) is 0 Å². The molecule has 0 N–H and O–H groups in total. The normalized spacial score (nSPS) is 16.1. The molecule has 1 aromatic heterocycles. The van der Waals surface area contributed by atoms with E-state index in [4.69, 9.17) is 11.6 Å². The minimum Gasteiger partial charge on any atom is -0.244 e. The van der Waals surface area contributed by atoms with Crippen molar-refractivity contribution in [1.29, 1.82) is 0 Å². The molecular formula is C8H8ClNS. The maximum absolute atomic E-state index is 5.92. The summed E-state index contributed by atoms with van der Waals surface area (Å²) in [7, 11) is 0. The summed E-state index contributed by atoms with van der Waals surface area (Å²) < 4.78 is 0. The summed E-state index contributed by atoms with van der Waals surface area (Å²) in [5, 5.41) is 0.697. The van der Waals surface area contributed by atoms with Gasteiger partial charge in [0.25, 0.3) is 0 Å². The monoisotopic (exact) mass is 185 g/mol. The first kappa shape index (κ1) is 7.44. The maximum Gasteiger partial charge on any atom is 0.132 e. The van der Waals surface area contributed by atoms with E-state index in [-0.39, 0.29) is 0 Å². The van der Waals surface area contributed by atoms with Gasteiger partial charge in [0.2, 0.25) is 0 Å². The van der Waals surface area contributed by atoms with Gasteiger partial charge in [0.15, 0.2) is 0 Å². The Labute approximate surface area is 75.2 Å². The highest BCUT2D eigenvalue weighted by atomic mass is 35.5. The van der Waals surface area contributed by atoms with Crippen LogP contribution in [0.15, 0.2) is 12.3 Å². The van der Waals surface area contributed by atoms with Crippen molar-refractivity contribution in [3.8, 4) is 0 Å². The van der Waals surface area contributed by atoms with Crippen LogP contribution in [0.25, 0.3) is 0 Å². The highest BCUT2D eigenvalue weighted by Crippen LogP contribution is 2.27. The van der Waals surface area contributed by atoms with Gasteiger partial charge in [-0.15, -0.1) is 0 Å². The summed E-state index contributed by atoms with van der Waals surface area (Å²) >= 11 is 7.88. The summed E-state index contributed by atoms with van der Waals surface area (Å²) in [6.45, 7) is 0. The fourth-order valence-electron chi connectivity index (χ4n) is 1.26. The van der Waals surface area contributed by atoms with Crippen molar-refractivity contribution in [2.24, 2.45) is 0 Å². The Bertz CT molecular complexity index is 275. The Kier molecular flexibility index (Phi) is 2.05. The van der Waals surface area contributed by atoms with E-state index in [1.807, 2.05) is 11.8 Å². The maximum atomic E-state index is 5.92. The van der Waals surface area contributed by atoms with Crippen LogP contribution in [0.1, 0.15) is 11.1 Å². The number of thioether (sulfide) groups is 1. The molecule has 11 heavy (non-hydrogen) atoms. The fourth-order valence-corrected chi connectivity index (χ4v) is 2.51. The predicted molar refractivity (Wildman–Crippen MR) is 49.1 cm³/mol. The number of pyridine rings is 1. The first-order valence-electron chi connectivity index (χ1n) is 3.58. The van der Waals surface area contributed by atoms with Gasteiger partial charge >= 0.3 is 0 Å². The second kappa shape index (κ2) is 3.03. The van der Waals surface area contributed by atoms with Crippen LogP contribution in [0.4, 0.5) is 0 Å². The molecule has 0 unspecified atom stereocenters. The standard InChI is InChI=1S/C8H8ClNS/c9-8-7-2-4-11-5-6(7)1-3-10-8/h1,3H,2,4-5H2.